The van der Waals surface area contributed by atoms with E-state index >= 15 is 0 Å². The van der Waals surface area contributed by atoms with Crippen molar-refractivity contribution >= 4 is 38.7 Å². The fourth-order valence-corrected chi connectivity index (χ4v) is 3.54. The van der Waals surface area contributed by atoms with E-state index in [1.807, 2.05) is 0 Å². The largest absolute Gasteiger partial charge is 0.444 e. The summed E-state index contributed by atoms with van der Waals surface area (Å²) in [6.07, 6.45) is -1.48. The number of nitriles is 1. The van der Waals surface area contributed by atoms with E-state index < -0.39 is 29.6 Å². The molecule has 7 nitrogen and oxygen atoms in total. The van der Waals surface area contributed by atoms with Crippen LogP contribution in [-0.2, 0) is 4.74 Å². The number of hydrogen-bond acceptors (Lipinski definition) is 6. The average Bonchev–Trinajstić information content (AvgIpc) is 2.63. The quantitative estimate of drug-likeness (QED) is 0.620. The van der Waals surface area contributed by atoms with Crippen molar-refractivity contribution in [3.63, 3.8) is 0 Å². The molecular weight excluding hydrogens is 448 g/mol. The number of carbonyl (C=O) groups excluding carboxylic acids is 1. The first-order valence-corrected chi connectivity index (χ1v) is 9.83. The van der Waals surface area contributed by atoms with Gasteiger partial charge in [-0.2, -0.15) is 19.6 Å². The Morgan fingerprint density at radius 3 is 2.72 bits per heavy atom. The maximum absolute atomic E-state index is 14.4. The van der Waals surface area contributed by atoms with Gasteiger partial charge in [-0.1, -0.05) is 0 Å². The van der Waals surface area contributed by atoms with Crippen LogP contribution in [0.3, 0.4) is 0 Å². The van der Waals surface area contributed by atoms with E-state index in [-0.39, 0.29) is 35.3 Å². The van der Waals surface area contributed by atoms with Gasteiger partial charge in [-0.15, -0.1) is 0 Å². The predicted octanol–water partition coefficient (Wildman–Crippen LogP) is 4.01. The van der Waals surface area contributed by atoms with E-state index in [0.717, 1.165) is 0 Å². The zero-order chi connectivity index (χ0) is 21.3. The normalized spacial score (nSPS) is 17.3. The smallest absolute Gasteiger partial charge is 0.410 e. The monoisotopic (exact) mass is 467 g/mol. The van der Waals surface area contributed by atoms with Crippen LogP contribution in [-0.4, -0.2) is 52.2 Å². The van der Waals surface area contributed by atoms with Gasteiger partial charge in [-0.05, 0) is 48.8 Å². The van der Waals surface area contributed by atoms with Crippen molar-refractivity contribution in [2.24, 2.45) is 0 Å². The number of anilines is 1. The van der Waals surface area contributed by atoms with Crippen LogP contribution in [0.25, 0.3) is 10.9 Å². The molecule has 1 amide bonds. The molecule has 2 heterocycles. The molecule has 1 aromatic heterocycles. The summed E-state index contributed by atoms with van der Waals surface area (Å²) in [7, 11) is 0. The summed E-state index contributed by atoms with van der Waals surface area (Å²) in [6, 6.07) is 4.71. The second-order valence-corrected chi connectivity index (χ2v) is 8.56. The lowest BCUT2D eigenvalue weighted by Crippen LogP contribution is -2.56. The van der Waals surface area contributed by atoms with Crippen molar-refractivity contribution in [1.82, 2.24) is 14.9 Å². The molecule has 2 aromatic rings. The molecule has 0 radical (unpaired) electrons. The summed E-state index contributed by atoms with van der Waals surface area (Å²) < 4.78 is 34.0. The summed E-state index contributed by atoms with van der Waals surface area (Å²) in [6.45, 7) is 6.11. The summed E-state index contributed by atoms with van der Waals surface area (Å²) in [5, 5.41) is 9.56. The molecule has 1 fully saturated rings. The Morgan fingerprint density at radius 1 is 1.34 bits per heavy atom. The van der Waals surface area contributed by atoms with Gasteiger partial charge in [0.05, 0.1) is 23.0 Å². The van der Waals surface area contributed by atoms with Crippen molar-refractivity contribution in [3.05, 3.63) is 28.5 Å². The summed E-state index contributed by atoms with van der Waals surface area (Å²) in [5.41, 5.74) is -0.796. The third kappa shape index (κ3) is 4.56. The van der Waals surface area contributed by atoms with Gasteiger partial charge in [-0.25, -0.2) is 9.18 Å². The molecule has 0 spiro atoms. The van der Waals surface area contributed by atoms with Gasteiger partial charge in [-0.3, -0.25) is 0 Å². The highest BCUT2D eigenvalue weighted by atomic mass is 79.9. The minimum absolute atomic E-state index is 0.0706. The van der Waals surface area contributed by atoms with Crippen LogP contribution in [0.1, 0.15) is 27.2 Å². The standard InChI is InChI=1S/C19H20BrF2N5O2/c1-19(2,3)29-18(28)27-9-8-26(10-11(27)6-7-23)16-12-4-5-13(20)14(21)15(12)24-17(22)25-16/h4-5,11H,6,8-10H2,1-3H3/t11-/m0/s1. The molecule has 0 saturated carbocycles. The van der Waals surface area contributed by atoms with Gasteiger partial charge in [0, 0.05) is 25.0 Å². The lowest BCUT2D eigenvalue weighted by molar-refractivity contribution is 0.0145. The van der Waals surface area contributed by atoms with Crippen molar-refractivity contribution < 1.29 is 18.3 Å². The number of aromatic nitrogens is 2. The highest BCUT2D eigenvalue weighted by Crippen LogP contribution is 2.31. The van der Waals surface area contributed by atoms with Gasteiger partial charge in [0.2, 0.25) is 0 Å². The number of hydrogen-bond donors (Lipinski definition) is 0. The van der Waals surface area contributed by atoms with Crippen molar-refractivity contribution in [2.75, 3.05) is 24.5 Å². The zero-order valence-electron chi connectivity index (χ0n) is 16.2. The summed E-state index contributed by atoms with van der Waals surface area (Å²) in [4.78, 5) is 23.2. The van der Waals surface area contributed by atoms with Gasteiger partial charge in [0.15, 0.2) is 5.82 Å². The van der Waals surface area contributed by atoms with Crippen LogP contribution in [0.15, 0.2) is 16.6 Å². The average molecular weight is 468 g/mol. The molecule has 154 valence electrons. The molecular formula is C19H20BrF2N5O2. The van der Waals surface area contributed by atoms with Gasteiger partial charge in [0.25, 0.3) is 0 Å². The fourth-order valence-electron chi connectivity index (χ4n) is 3.22. The number of amides is 1. The molecule has 29 heavy (non-hydrogen) atoms. The minimum Gasteiger partial charge on any atom is -0.444 e. The van der Waals surface area contributed by atoms with E-state index in [1.165, 1.54) is 11.0 Å². The van der Waals surface area contributed by atoms with Crippen LogP contribution in [0.4, 0.5) is 19.4 Å². The zero-order valence-corrected chi connectivity index (χ0v) is 17.8. The van der Waals surface area contributed by atoms with Crippen LogP contribution in [0, 0.1) is 23.2 Å². The highest BCUT2D eigenvalue weighted by Gasteiger charge is 2.34. The first-order valence-electron chi connectivity index (χ1n) is 9.03. The van der Waals surface area contributed by atoms with Crippen molar-refractivity contribution in [3.8, 4) is 6.07 Å². The Kier molecular flexibility index (Phi) is 5.89. The lowest BCUT2D eigenvalue weighted by atomic mass is 10.1. The molecule has 10 heteroatoms. The highest BCUT2D eigenvalue weighted by molar-refractivity contribution is 9.10. The number of halogens is 3. The van der Waals surface area contributed by atoms with Crippen LogP contribution < -0.4 is 4.90 Å². The predicted molar refractivity (Wildman–Crippen MR) is 106 cm³/mol. The van der Waals surface area contributed by atoms with E-state index in [0.29, 0.717) is 11.9 Å². The molecule has 0 bridgehead atoms. The molecule has 1 aromatic carbocycles. The van der Waals surface area contributed by atoms with Crippen LogP contribution in [0.5, 0.6) is 0 Å². The number of carbonyl (C=O) groups is 1. The number of rotatable bonds is 2. The van der Waals surface area contributed by atoms with E-state index in [4.69, 9.17) is 4.74 Å². The Labute approximate surface area is 175 Å². The lowest BCUT2D eigenvalue weighted by Gasteiger charge is -2.41. The fraction of sp³-hybridized carbons (Fsp3) is 0.474. The third-order valence-corrected chi connectivity index (χ3v) is 5.06. The third-order valence-electron chi connectivity index (χ3n) is 4.45. The summed E-state index contributed by atoms with van der Waals surface area (Å²) >= 11 is 3.07. The van der Waals surface area contributed by atoms with E-state index in [9.17, 15) is 18.8 Å². The maximum Gasteiger partial charge on any atom is 0.410 e. The number of ether oxygens (including phenoxy) is 1. The minimum atomic E-state index is -1.05. The molecule has 1 aliphatic rings. The molecule has 0 N–H and O–H groups in total. The Bertz CT molecular complexity index is 989. The first-order chi connectivity index (χ1) is 13.6. The molecule has 1 atom stereocenters. The second kappa shape index (κ2) is 8.06. The molecule has 1 saturated heterocycles. The molecule has 0 aliphatic carbocycles. The van der Waals surface area contributed by atoms with E-state index in [1.54, 1.807) is 31.7 Å². The maximum atomic E-state index is 14.4. The SMILES string of the molecule is CC(C)(C)OC(=O)N1CCN(c2nc(F)nc3c(F)c(Br)ccc23)C[C@@H]1CC#N. The topological polar surface area (TPSA) is 82.3 Å². The van der Waals surface area contributed by atoms with Crippen molar-refractivity contribution in [1.29, 1.82) is 5.26 Å². The number of piperazine rings is 1. The first kappa shape index (κ1) is 21.2. The summed E-state index contributed by atoms with van der Waals surface area (Å²) in [5.74, 6) is -0.448. The molecule has 0 unspecified atom stereocenters. The number of fused-ring (bicyclic) bond motifs is 1. The van der Waals surface area contributed by atoms with Gasteiger partial charge in [0.1, 0.15) is 16.9 Å². The van der Waals surface area contributed by atoms with Gasteiger partial charge >= 0.3 is 12.2 Å². The Morgan fingerprint density at radius 2 is 2.07 bits per heavy atom. The second-order valence-electron chi connectivity index (χ2n) is 7.71. The number of nitrogens with zero attached hydrogens (tertiary/aromatic N) is 5. The van der Waals surface area contributed by atoms with Crippen molar-refractivity contribution in [2.45, 2.75) is 38.8 Å². The molecule has 1 aliphatic heterocycles. The van der Waals surface area contributed by atoms with Crippen LogP contribution >= 0.6 is 15.9 Å². The van der Waals surface area contributed by atoms with E-state index in [2.05, 4.69) is 32.0 Å². The Hall–Kier alpha value is -2.54. The van der Waals surface area contributed by atoms with Crippen LogP contribution in [0.2, 0.25) is 0 Å². The Balaban J connectivity index is 1.93. The number of benzene rings is 1. The van der Waals surface area contributed by atoms with Gasteiger partial charge < -0.3 is 14.5 Å². The molecule has 3 rings (SSSR count).